The molecular formula is C15H21ClN4O. The molecule has 1 N–H and O–H groups in total. The summed E-state index contributed by atoms with van der Waals surface area (Å²) < 4.78 is 0. The predicted molar refractivity (Wildman–Crippen MR) is 84.4 cm³/mol. The van der Waals surface area contributed by atoms with E-state index in [4.69, 9.17) is 16.9 Å². The number of nitriles is 1. The van der Waals surface area contributed by atoms with Gasteiger partial charge in [-0.25, -0.2) is 4.98 Å². The van der Waals surface area contributed by atoms with Crippen LogP contribution in [0.5, 0.6) is 0 Å². The zero-order valence-electron chi connectivity index (χ0n) is 12.7. The summed E-state index contributed by atoms with van der Waals surface area (Å²) >= 11 is 5.97. The highest BCUT2D eigenvalue weighted by atomic mass is 35.5. The number of aromatic nitrogens is 1. The van der Waals surface area contributed by atoms with Crippen molar-refractivity contribution in [1.29, 1.82) is 5.26 Å². The van der Waals surface area contributed by atoms with E-state index < -0.39 is 0 Å². The van der Waals surface area contributed by atoms with Crippen molar-refractivity contribution < 1.29 is 4.79 Å². The number of pyridine rings is 1. The zero-order valence-corrected chi connectivity index (χ0v) is 13.4. The second-order valence-corrected chi connectivity index (χ2v) is 5.53. The second-order valence-electron chi connectivity index (χ2n) is 5.15. The summed E-state index contributed by atoms with van der Waals surface area (Å²) in [6, 6.07) is 5.33. The van der Waals surface area contributed by atoms with Gasteiger partial charge in [0.05, 0.1) is 12.5 Å². The van der Waals surface area contributed by atoms with Crippen molar-refractivity contribution in [2.24, 2.45) is 5.92 Å². The molecule has 1 aromatic rings. The molecule has 0 saturated heterocycles. The van der Waals surface area contributed by atoms with E-state index in [9.17, 15) is 4.79 Å². The highest BCUT2D eigenvalue weighted by molar-refractivity contribution is 6.29. The Morgan fingerprint density at radius 1 is 1.52 bits per heavy atom. The van der Waals surface area contributed by atoms with Crippen LogP contribution >= 0.6 is 11.6 Å². The van der Waals surface area contributed by atoms with Crippen LogP contribution in [0.1, 0.15) is 37.6 Å². The van der Waals surface area contributed by atoms with Gasteiger partial charge in [0.15, 0.2) is 0 Å². The van der Waals surface area contributed by atoms with E-state index in [1.54, 1.807) is 17.0 Å². The molecule has 5 nitrogen and oxygen atoms in total. The van der Waals surface area contributed by atoms with E-state index in [-0.39, 0.29) is 11.1 Å². The lowest BCUT2D eigenvalue weighted by atomic mass is 10.1. The molecule has 0 aliphatic rings. The van der Waals surface area contributed by atoms with Crippen molar-refractivity contribution in [2.75, 3.05) is 25.0 Å². The number of carbonyl (C=O) groups is 1. The number of halogens is 1. The van der Waals surface area contributed by atoms with Crippen LogP contribution < -0.4 is 5.32 Å². The van der Waals surface area contributed by atoms with Gasteiger partial charge in [-0.15, -0.1) is 0 Å². The first-order valence-electron chi connectivity index (χ1n) is 7.05. The molecule has 0 saturated carbocycles. The summed E-state index contributed by atoms with van der Waals surface area (Å²) in [6.45, 7) is 7.75. The molecule has 1 aromatic heterocycles. The van der Waals surface area contributed by atoms with Gasteiger partial charge in [0, 0.05) is 25.2 Å². The molecule has 1 heterocycles. The van der Waals surface area contributed by atoms with E-state index in [2.05, 4.69) is 16.4 Å². The van der Waals surface area contributed by atoms with Gasteiger partial charge in [0.1, 0.15) is 11.0 Å². The molecule has 0 unspecified atom stereocenters. The van der Waals surface area contributed by atoms with Crippen molar-refractivity contribution in [3.8, 4) is 6.07 Å². The zero-order chi connectivity index (χ0) is 15.8. The van der Waals surface area contributed by atoms with Crippen LogP contribution in [-0.4, -0.2) is 35.4 Å². The quantitative estimate of drug-likeness (QED) is 0.785. The highest BCUT2D eigenvalue weighted by Gasteiger charge is 2.18. The number of nitrogens with zero attached hydrogens (tertiary/aromatic N) is 3. The molecule has 1 rings (SSSR count). The van der Waals surface area contributed by atoms with Crippen LogP contribution in [0, 0.1) is 17.2 Å². The van der Waals surface area contributed by atoms with E-state index in [0.717, 1.165) is 0 Å². The maximum absolute atomic E-state index is 12.6. The van der Waals surface area contributed by atoms with Crippen LogP contribution in [0.2, 0.25) is 5.15 Å². The minimum absolute atomic E-state index is 0.123. The number of nitrogens with one attached hydrogen (secondary N) is 1. The van der Waals surface area contributed by atoms with Crippen molar-refractivity contribution in [1.82, 2.24) is 9.88 Å². The Bertz CT molecular complexity index is 525. The summed E-state index contributed by atoms with van der Waals surface area (Å²) in [5.41, 5.74) is 0.490. The Kier molecular flexibility index (Phi) is 6.97. The smallest absolute Gasteiger partial charge is 0.254 e. The molecule has 0 aromatic carbocycles. The number of hydrogen-bond donors (Lipinski definition) is 1. The first kappa shape index (κ1) is 17.3. The Morgan fingerprint density at radius 3 is 2.81 bits per heavy atom. The largest absolute Gasteiger partial charge is 0.370 e. The van der Waals surface area contributed by atoms with Crippen molar-refractivity contribution in [3.05, 3.63) is 22.8 Å². The van der Waals surface area contributed by atoms with Crippen molar-refractivity contribution in [3.63, 3.8) is 0 Å². The lowest BCUT2D eigenvalue weighted by Gasteiger charge is -2.24. The van der Waals surface area contributed by atoms with E-state index in [1.807, 2.05) is 20.8 Å². The molecule has 0 bridgehead atoms. The second kappa shape index (κ2) is 8.48. The Labute approximate surface area is 130 Å². The van der Waals surface area contributed by atoms with Crippen molar-refractivity contribution >= 4 is 23.3 Å². The van der Waals surface area contributed by atoms with Gasteiger partial charge in [-0.2, -0.15) is 5.26 Å². The topological polar surface area (TPSA) is 69.0 Å². The fourth-order valence-corrected chi connectivity index (χ4v) is 2.18. The summed E-state index contributed by atoms with van der Waals surface area (Å²) in [5.74, 6) is 0.790. The Balaban J connectivity index is 2.99. The number of rotatable bonds is 7. The van der Waals surface area contributed by atoms with Crippen LogP contribution in [0.15, 0.2) is 12.1 Å². The van der Waals surface area contributed by atoms with E-state index in [1.165, 1.54) is 0 Å². The number of anilines is 1. The number of carbonyl (C=O) groups excluding carboxylic acids is 1. The van der Waals surface area contributed by atoms with Gasteiger partial charge in [0.25, 0.3) is 5.91 Å². The Hall–Kier alpha value is -1.80. The number of amides is 1. The van der Waals surface area contributed by atoms with Crippen molar-refractivity contribution in [2.45, 2.75) is 27.2 Å². The molecule has 0 aliphatic heterocycles. The number of hydrogen-bond acceptors (Lipinski definition) is 4. The average Bonchev–Trinajstić information content (AvgIpc) is 2.42. The van der Waals surface area contributed by atoms with Gasteiger partial charge in [0.2, 0.25) is 0 Å². The van der Waals surface area contributed by atoms with Crippen LogP contribution in [0.4, 0.5) is 5.82 Å². The molecule has 21 heavy (non-hydrogen) atoms. The third kappa shape index (κ3) is 5.60. The maximum Gasteiger partial charge on any atom is 0.254 e. The van der Waals surface area contributed by atoms with Crippen LogP contribution in [-0.2, 0) is 0 Å². The summed E-state index contributed by atoms with van der Waals surface area (Å²) in [6.07, 6.45) is 0.317. The third-order valence-corrected chi connectivity index (χ3v) is 2.96. The molecule has 0 spiro atoms. The Morgan fingerprint density at radius 2 is 2.24 bits per heavy atom. The van der Waals surface area contributed by atoms with E-state index >= 15 is 0 Å². The molecule has 0 atom stereocenters. The van der Waals surface area contributed by atoms with Crippen LogP contribution in [0.25, 0.3) is 0 Å². The maximum atomic E-state index is 12.6. The standard InChI is InChI=1S/C15H21ClN4O/c1-4-18-14-9-12(8-13(16)19-14)15(21)20(7-5-6-17)10-11(2)3/h8-9,11H,4-5,7,10H2,1-3H3,(H,18,19). The van der Waals surface area contributed by atoms with Gasteiger partial charge < -0.3 is 10.2 Å². The average molecular weight is 309 g/mol. The molecule has 114 valence electrons. The fraction of sp³-hybridized carbons (Fsp3) is 0.533. The summed E-state index contributed by atoms with van der Waals surface area (Å²) in [4.78, 5) is 18.4. The molecule has 6 heteroatoms. The predicted octanol–water partition coefficient (Wildman–Crippen LogP) is 3.18. The molecule has 0 aliphatic carbocycles. The molecule has 0 fully saturated rings. The van der Waals surface area contributed by atoms with Gasteiger partial charge in [-0.1, -0.05) is 25.4 Å². The minimum Gasteiger partial charge on any atom is -0.370 e. The molecular weight excluding hydrogens is 288 g/mol. The first-order chi connectivity index (χ1) is 9.97. The summed E-state index contributed by atoms with van der Waals surface area (Å²) in [5, 5.41) is 12.1. The van der Waals surface area contributed by atoms with Gasteiger partial charge >= 0.3 is 0 Å². The lowest BCUT2D eigenvalue weighted by molar-refractivity contribution is 0.0740. The first-order valence-corrected chi connectivity index (χ1v) is 7.43. The summed E-state index contributed by atoms with van der Waals surface area (Å²) in [7, 11) is 0. The monoisotopic (exact) mass is 308 g/mol. The van der Waals surface area contributed by atoms with E-state index in [0.29, 0.717) is 43.4 Å². The highest BCUT2D eigenvalue weighted by Crippen LogP contribution is 2.17. The van der Waals surface area contributed by atoms with Gasteiger partial charge in [-0.05, 0) is 25.0 Å². The minimum atomic E-state index is -0.123. The molecule has 0 radical (unpaired) electrons. The van der Waals surface area contributed by atoms with Crippen LogP contribution in [0.3, 0.4) is 0 Å². The normalized spacial score (nSPS) is 10.3. The molecule has 1 amide bonds. The fourth-order valence-electron chi connectivity index (χ4n) is 1.98. The van der Waals surface area contributed by atoms with Gasteiger partial charge in [-0.3, -0.25) is 4.79 Å². The SMILES string of the molecule is CCNc1cc(C(=O)N(CCC#N)CC(C)C)cc(Cl)n1. The third-order valence-electron chi connectivity index (χ3n) is 2.77. The lowest BCUT2D eigenvalue weighted by Crippen LogP contribution is -2.35.